The Hall–Kier alpha value is -1.12. The molecule has 0 saturated carbocycles. The molecule has 0 fully saturated rings. The van der Waals surface area contributed by atoms with Crippen molar-refractivity contribution in [2.75, 3.05) is 0 Å². The topological polar surface area (TPSA) is 0 Å². The largest absolute Gasteiger partial charge is 0.143 e. The Morgan fingerprint density at radius 3 is 2.69 bits per heavy atom. The second-order valence-electron chi connectivity index (χ2n) is 3.65. The van der Waals surface area contributed by atoms with Gasteiger partial charge in [-0.1, -0.05) is 46.3 Å². The molecule has 0 aliphatic rings. The standard InChI is InChI=1S/C14H9BrS/c15-12-5-1-4-11(9-12)13-6-2-3-10-7-8-16-14(10)13/h1-9H. The molecule has 3 aromatic rings. The van der Waals surface area contributed by atoms with E-state index in [1.54, 1.807) is 11.3 Å². The highest BCUT2D eigenvalue weighted by Gasteiger charge is 2.04. The molecule has 0 nitrogen and oxygen atoms in total. The molecule has 0 N–H and O–H groups in total. The van der Waals surface area contributed by atoms with Gasteiger partial charge in [-0.25, -0.2) is 0 Å². The van der Waals surface area contributed by atoms with Crippen LogP contribution in [0.2, 0.25) is 0 Å². The molecule has 0 radical (unpaired) electrons. The Bertz CT molecular complexity index is 640. The van der Waals surface area contributed by atoms with Crippen molar-refractivity contribution in [3.8, 4) is 11.1 Å². The average Bonchev–Trinajstić information content (AvgIpc) is 2.76. The molecule has 1 aromatic heterocycles. The summed E-state index contributed by atoms with van der Waals surface area (Å²) in [4.78, 5) is 0. The van der Waals surface area contributed by atoms with Crippen molar-refractivity contribution >= 4 is 37.4 Å². The highest BCUT2D eigenvalue weighted by molar-refractivity contribution is 9.10. The maximum Gasteiger partial charge on any atom is 0.0421 e. The molecule has 3 rings (SSSR count). The molecule has 0 aliphatic heterocycles. The number of benzene rings is 2. The molecule has 0 unspecified atom stereocenters. The quantitative estimate of drug-likeness (QED) is 0.568. The number of halogens is 1. The maximum absolute atomic E-state index is 3.52. The molecule has 0 atom stereocenters. The van der Waals surface area contributed by atoms with Gasteiger partial charge < -0.3 is 0 Å². The molecule has 16 heavy (non-hydrogen) atoms. The zero-order valence-electron chi connectivity index (χ0n) is 8.48. The third kappa shape index (κ3) is 1.68. The van der Waals surface area contributed by atoms with Crippen molar-refractivity contribution in [2.24, 2.45) is 0 Å². The van der Waals surface area contributed by atoms with E-state index in [-0.39, 0.29) is 0 Å². The first-order valence-corrected chi connectivity index (χ1v) is 6.74. The fourth-order valence-electron chi connectivity index (χ4n) is 1.88. The molecular formula is C14H9BrS. The van der Waals surface area contributed by atoms with Crippen molar-refractivity contribution < 1.29 is 0 Å². The highest BCUT2D eigenvalue weighted by Crippen LogP contribution is 2.33. The summed E-state index contributed by atoms with van der Waals surface area (Å²) in [6.45, 7) is 0. The lowest BCUT2D eigenvalue weighted by atomic mass is 10.0. The third-order valence-electron chi connectivity index (χ3n) is 2.61. The zero-order chi connectivity index (χ0) is 11.0. The van der Waals surface area contributed by atoms with Crippen LogP contribution in [0, 0.1) is 0 Å². The van der Waals surface area contributed by atoms with Crippen molar-refractivity contribution in [3.05, 3.63) is 58.4 Å². The Labute approximate surface area is 107 Å². The van der Waals surface area contributed by atoms with Crippen LogP contribution in [0.15, 0.2) is 58.4 Å². The summed E-state index contributed by atoms with van der Waals surface area (Å²) in [7, 11) is 0. The van der Waals surface area contributed by atoms with Crippen molar-refractivity contribution in [1.29, 1.82) is 0 Å². The minimum atomic E-state index is 1.12. The van der Waals surface area contributed by atoms with E-state index in [0.29, 0.717) is 0 Å². The third-order valence-corrected chi connectivity index (χ3v) is 4.07. The highest BCUT2D eigenvalue weighted by atomic mass is 79.9. The SMILES string of the molecule is Brc1cccc(-c2cccc3ccsc23)c1. The first kappa shape index (κ1) is 10.1. The minimum Gasteiger partial charge on any atom is -0.143 e. The second kappa shape index (κ2) is 4.04. The van der Waals surface area contributed by atoms with Gasteiger partial charge in [0.1, 0.15) is 0 Å². The fraction of sp³-hybridized carbons (Fsp3) is 0. The van der Waals surface area contributed by atoms with E-state index in [9.17, 15) is 0 Å². The van der Waals surface area contributed by atoms with Gasteiger partial charge in [-0.2, -0.15) is 0 Å². The van der Waals surface area contributed by atoms with Crippen LogP contribution < -0.4 is 0 Å². The van der Waals surface area contributed by atoms with E-state index in [1.165, 1.54) is 21.2 Å². The van der Waals surface area contributed by atoms with E-state index in [2.05, 4.69) is 69.8 Å². The molecule has 1 heterocycles. The Balaban J connectivity index is 2.29. The smallest absolute Gasteiger partial charge is 0.0421 e. The molecule has 0 aliphatic carbocycles. The van der Waals surface area contributed by atoms with Gasteiger partial charge in [-0.05, 0) is 40.1 Å². The number of hydrogen-bond acceptors (Lipinski definition) is 1. The molecule has 2 aromatic carbocycles. The van der Waals surface area contributed by atoms with Crippen LogP contribution in [-0.4, -0.2) is 0 Å². The van der Waals surface area contributed by atoms with Crippen LogP contribution in [0.5, 0.6) is 0 Å². The van der Waals surface area contributed by atoms with Gasteiger partial charge in [0.2, 0.25) is 0 Å². The Kier molecular flexibility index (Phi) is 2.54. The van der Waals surface area contributed by atoms with Crippen LogP contribution in [0.3, 0.4) is 0 Å². The minimum absolute atomic E-state index is 1.12. The molecule has 0 spiro atoms. The van der Waals surface area contributed by atoms with Gasteiger partial charge in [0.05, 0.1) is 0 Å². The average molecular weight is 289 g/mol. The van der Waals surface area contributed by atoms with E-state index in [1.807, 2.05) is 0 Å². The Morgan fingerprint density at radius 2 is 1.81 bits per heavy atom. The van der Waals surface area contributed by atoms with E-state index in [4.69, 9.17) is 0 Å². The van der Waals surface area contributed by atoms with Gasteiger partial charge in [0.25, 0.3) is 0 Å². The normalized spacial score (nSPS) is 10.8. The molecule has 2 heteroatoms. The first-order chi connectivity index (χ1) is 7.84. The lowest BCUT2D eigenvalue weighted by Gasteiger charge is -2.03. The molecule has 0 bridgehead atoms. The number of rotatable bonds is 1. The van der Waals surface area contributed by atoms with Gasteiger partial charge in [0.15, 0.2) is 0 Å². The number of hydrogen-bond donors (Lipinski definition) is 0. The van der Waals surface area contributed by atoms with Crippen LogP contribution in [0.25, 0.3) is 21.2 Å². The van der Waals surface area contributed by atoms with Crippen molar-refractivity contribution in [3.63, 3.8) is 0 Å². The van der Waals surface area contributed by atoms with Crippen LogP contribution in [0.4, 0.5) is 0 Å². The molecule has 0 amide bonds. The van der Waals surface area contributed by atoms with E-state index >= 15 is 0 Å². The molecule has 78 valence electrons. The van der Waals surface area contributed by atoms with Crippen molar-refractivity contribution in [2.45, 2.75) is 0 Å². The zero-order valence-corrected chi connectivity index (χ0v) is 10.9. The summed E-state index contributed by atoms with van der Waals surface area (Å²) in [6, 6.07) is 17.1. The predicted octanol–water partition coefficient (Wildman–Crippen LogP) is 5.33. The molecular weight excluding hydrogens is 280 g/mol. The monoisotopic (exact) mass is 288 g/mol. The second-order valence-corrected chi connectivity index (χ2v) is 5.49. The van der Waals surface area contributed by atoms with Gasteiger partial charge >= 0.3 is 0 Å². The number of thiophene rings is 1. The predicted molar refractivity (Wildman–Crippen MR) is 75.0 cm³/mol. The van der Waals surface area contributed by atoms with Crippen LogP contribution in [0.1, 0.15) is 0 Å². The summed E-state index contributed by atoms with van der Waals surface area (Å²) in [5.41, 5.74) is 2.58. The summed E-state index contributed by atoms with van der Waals surface area (Å²) in [6.07, 6.45) is 0. The van der Waals surface area contributed by atoms with E-state index < -0.39 is 0 Å². The summed E-state index contributed by atoms with van der Waals surface area (Å²) in [5, 5.41) is 3.47. The van der Waals surface area contributed by atoms with Gasteiger partial charge in [-0.15, -0.1) is 11.3 Å². The van der Waals surface area contributed by atoms with Crippen LogP contribution in [-0.2, 0) is 0 Å². The summed E-state index contributed by atoms with van der Waals surface area (Å²) >= 11 is 5.32. The first-order valence-electron chi connectivity index (χ1n) is 5.07. The fourth-order valence-corrected chi connectivity index (χ4v) is 3.21. The van der Waals surface area contributed by atoms with Gasteiger partial charge in [0, 0.05) is 9.17 Å². The van der Waals surface area contributed by atoms with Crippen LogP contribution >= 0.6 is 27.3 Å². The molecule has 0 saturated heterocycles. The summed E-state index contributed by atoms with van der Waals surface area (Å²) in [5.74, 6) is 0. The maximum atomic E-state index is 3.52. The number of fused-ring (bicyclic) bond motifs is 1. The lowest BCUT2D eigenvalue weighted by Crippen LogP contribution is -1.77. The Morgan fingerprint density at radius 1 is 0.938 bits per heavy atom. The van der Waals surface area contributed by atoms with Gasteiger partial charge in [-0.3, -0.25) is 0 Å². The van der Waals surface area contributed by atoms with E-state index in [0.717, 1.165) is 4.47 Å². The lowest BCUT2D eigenvalue weighted by molar-refractivity contribution is 1.63. The van der Waals surface area contributed by atoms with Crippen molar-refractivity contribution in [1.82, 2.24) is 0 Å². The summed E-state index contributed by atoms with van der Waals surface area (Å²) < 4.78 is 2.49.